The van der Waals surface area contributed by atoms with Crippen molar-refractivity contribution >= 4 is 12.1 Å². The molecule has 2 N–H and O–H groups in total. The van der Waals surface area contributed by atoms with Crippen molar-refractivity contribution < 1.29 is 9.90 Å². The molecule has 6 nitrogen and oxygen atoms in total. The van der Waals surface area contributed by atoms with Crippen LogP contribution >= 0.6 is 0 Å². The topological polar surface area (TPSA) is 79.5 Å². The largest absolute Gasteiger partial charge is 0.508 e. The van der Waals surface area contributed by atoms with Gasteiger partial charge in [-0.25, -0.2) is 10.1 Å². The first-order valence-corrected chi connectivity index (χ1v) is 7.80. The minimum Gasteiger partial charge on any atom is -0.508 e. The highest BCUT2D eigenvalue weighted by Crippen LogP contribution is 2.16. The monoisotopic (exact) mass is 334 g/mol. The first-order valence-electron chi connectivity index (χ1n) is 7.80. The average molecular weight is 334 g/mol. The molecule has 6 heteroatoms. The van der Waals surface area contributed by atoms with Crippen molar-refractivity contribution in [1.29, 1.82) is 0 Å². The zero-order chi connectivity index (χ0) is 17.8. The Labute approximate surface area is 145 Å². The van der Waals surface area contributed by atoms with Gasteiger partial charge in [-0.15, -0.1) is 0 Å². The van der Waals surface area contributed by atoms with E-state index >= 15 is 0 Å². The van der Waals surface area contributed by atoms with Gasteiger partial charge < -0.3 is 5.11 Å². The highest BCUT2D eigenvalue weighted by molar-refractivity contribution is 5.95. The molecule has 3 rings (SSSR count). The normalized spacial score (nSPS) is 11.0. The van der Waals surface area contributed by atoms with E-state index in [-0.39, 0.29) is 5.75 Å². The van der Waals surface area contributed by atoms with Crippen molar-refractivity contribution in [1.82, 2.24) is 15.2 Å². The quantitative estimate of drug-likeness (QED) is 0.569. The molecule has 2 aromatic carbocycles. The van der Waals surface area contributed by atoms with Gasteiger partial charge >= 0.3 is 0 Å². The summed E-state index contributed by atoms with van der Waals surface area (Å²) in [5.41, 5.74) is 6.36. The standard InChI is InChI=1S/C19H18N4O2/c1-13-18(14(2)23(22-13)16-8-4-3-5-9-16)12-20-21-19(25)15-7-6-10-17(24)11-15/h3-12,24H,1-2H3,(H,21,25). The van der Waals surface area contributed by atoms with Crippen LogP contribution in [0.5, 0.6) is 5.75 Å². The molecular weight excluding hydrogens is 316 g/mol. The molecule has 0 bridgehead atoms. The van der Waals surface area contributed by atoms with Gasteiger partial charge in [0.25, 0.3) is 5.91 Å². The fourth-order valence-electron chi connectivity index (χ4n) is 2.53. The molecule has 0 saturated heterocycles. The molecule has 0 atom stereocenters. The maximum absolute atomic E-state index is 12.0. The molecule has 3 aromatic rings. The number of hydrazone groups is 1. The SMILES string of the molecule is Cc1nn(-c2ccccc2)c(C)c1C=NNC(=O)c1cccc(O)c1. The van der Waals surface area contributed by atoms with Gasteiger partial charge in [0, 0.05) is 11.1 Å². The van der Waals surface area contributed by atoms with Crippen LogP contribution in [0.15, 0.2) is 59.7 Å². The van der Waals surface area contributed by atoms with Crippen LogP contribution in [0.1, 0.15) is 27.3 Å². The molecule has 1 aromatic heterocycles. The average Bonchev–Trinajstić information content (AvgIpc) is 2.90. The zero-order valence-electron chi connectivity index (χ0n) is 14.0. The van der Waals surface area contributed by atoms with Crippen molar-refractivity contribution in [3.05, 3.63) is 77.1 Å². The van der Waals surface area contributed by atoms with E-state index in [1.54, 1.807) is 18.3 Å². The van der Waals surface area contributed by atoms with Gasteiger partial charge in [-0.1, -0.05) is 24.3 Å². The van der Waals surface area contributed by atoms with E-state index in [1.807, 2.05) is 48.9 Å². The van der Waals surface area contributed by atoms with Crippen LogP contribution in [0, 0.1) is 13.8 Å². The van der Waals surface area contributed by atoms with Crippen molar-refractivity contribution in [2.45, 2.75) is 13.8 Å². The number of benzene rings is 2. The fourth-order valence-corrected chi connectivity index (χ4v) is 2.53. The molecule has 1 heterocycles. The number of carbonyl (C=O) groups is 1. The lowest BCUT2D eigenvalue weighted by Gasteiger charge is -2.03. The number of rotatable bonds is 4. The molecule has 0 fully saturated rings. The molecule has 1 amide bonds. The molecule has 0 unspecified atom stereocenters. The van der Waals surface area contributed by atoms with E-state index in [1.165, 1.54) is 12.1 Å². The van der Waals surface area contributed by atoms with Crippen molar-refractivity contribution in [2.24, 2.45) is 5.10 Å². The lowest BCUT2D eigenvalue weighted by atomic mass is 10.2. The van der Waals surface area contributed by atoms with Crippen molar-refractivity contribution in [2.75, 3.05) is 0 Å². The molecule has 0 spiro atoms. The fraction of sp³-hybridized carbons (Fsp3) is 0.105. The van der Waals surface area contributed by atoms with E-state index in [0.717, 1.165) is 22.6 Å². The summed E-state index contributed by atoms with van der Waals surface area (Å²) < 4.78 is 1.84. The minimum atomic E-state index is -0.391. The Balaban J connectivity index is 1.78. The van der Waals surface area contributed by atoms with E-state index in [4.69, 9.17) is 0 Å². The molecular formula is C19H18N4O2. The van der Waals surface area contributed by atoms with Gasteiger partial charge in [0.05, 0.1) is 23.3 Å². The summed E-state index contributed by atoms with van der Waals surface area (Å²) in [4.78, 5) is 12.0. The second-order valence-electron chi connectivity index (χ2n) is 5.58. The number of phenolic OH excluding ortho intramolecular Hbond substituents is 1. The lowest BCUT2D eigenvalue weighted by Crippen LogP contribution is -2.17. The van der Waals surface area contributed by atoms with Crippen LogP contribution in [0.2, 0.25) is 0 Å². The Morgan fingerprint density at radius 3 is 2.64 bits per heavy atom. The van der Waals surface area contributed by atoms with E-state index in [0.29, 0.717) is 5.56 Å². The number of aromatic hydroxyl groups is 1. The van der Waals surface area contributed by atoms with Gasteiger partial charge in [0.2, 0.25) is 0 Å². The Kier molecular flexibility index (Phi) is 4.61. The van der Waals surface area contributed by atoms with E-state index < -0.39 is 5.91 Å². The second-order valence-corrected chi connectivity index (χ2v) is 5.58. The summed E-state index contributed by atoms with van der Waals surface area (Å²) in [6.07, 6.45) is 1.58. The Bertz CT molecular complexity index is 930. The number of nitrogens with one attached hydrogen (secondary N) is 1. The molecule has 126 valence electrons. The van der Waals surface area contributed by atoms with Crippen LogP contribution < -0.4 is 5.43 Å². The van der Waals surface area contributed by atoms with Crippen LogP contribution in [0.4, 0.5) is 0 Å². The summed E-state index contributed by atoms with van der Waals surface area (Å²) in [7, 11) is 0. The van der Waals surface area contributed by atoms with Crippen LogP contribution in [0.25, 0.3) is 5.69 Å². The zero-order valence-corrected chi connectivity index (χ0v) is 14.0. The minimum absolute atomic E-state index is 0.0347. The first kappa shape index (κ1) is 16.4. The van der Waals surface area contributed by atoms with E-state index in [9.17, 15) is 9.90 Å². The smallest absolute Gasteiger partial charge is 0.271 e. The van der Waals surface area contributed by atoms with Gasteiger partial charge in [0.15, 0.2) is 0 Å². The molecule has 0 aliphatic heterocycles. The Morgan fingerprint density at radius 1 is 1.16 bits per heavy atom. The van der Waals surface area contributed by atoms with Gasteiger partial charge in [0.1, 0.15) is 5.75 Å². The number of hydrogen-bond acceptors (Lipinski definition) is 4. The number of phenols is 1. The second kappa shape index (κ2) is 7.00. The lowest BCUT2D eigenvalue weighted by molar-refractivity contribution is 0.0954. The van der Waals surface area contributed by atoms with E-state index in [2.05, 4.69) is 15.6 Å². The highest BCUT2D eigenvalue weighted by Gasteiger charge is 2.11. The van der Waals surface area contributed by atoms with Gasteiger partial charge in [-0.3, -0.25) is 4.79 Å². The first-order chi connectivity index (χ1) is 12.1. The summed E-state index contributed by atoms with van der Waals surface area (Å²) in [6.45, 7) is 3.84. The predicted molar refractivity (Wildman–Crippen MR) is 96.2 cm³/mol. The van der Waals surface area contributed by atoms with Crippen molar-refractivity contribution in [3.63, 3.8) is 0 Å². The molecule has 0 aliphatic carbocycles. The number of aryl methyl sites for hydroxylation is 1. The molecule has 0 aliphatic rings. The number of carbonyl (C=O) groups excluding carboxylic acids is 1. The Hall–Kier alpha value is -3.41. The summed E-state index contributed by atoms with van der Waals surface area (Å²) in [5.74, 6) is -0.356. The number of nitrogens with zero attached hydrogens (tertiary/aromatic N) is 3. The number of hydrogen-bond donors (Lipinski definition) is 2. The molecule has 25 heavy (non-hydrogen) atoms. The number of amides is 1. The van der Waals surface area contributed by atoms with Gasteiger partial charge in [-0.2, -0.15) is 10.2 Å². The van der Waals surface area contributed by atoms with Crippen LogP contribution in [-0.2, 0) is 0 Å². The predicted octanol–water partition coefficient (Wildman–Crippen LogP) is 2.96. The highest BCUT2D eigenvalue weighted by atomic mass is 16.3. The number of aromatic nitrogens is 2. The third-order valence-corrected chi connectivity index (χ3v) is 3.82. The Morgan fingerprint density at radius 2 is 1.92 bits per heavy atom. The van der Waals surface area contributed by atoms with Crippen LogP contribution in [-0.4, -0.2) is 27.0 Å². The third kappa shape index (κ3) is 3.58. The molecule has 0 saturated carbocycles. The van der Waals surface area contributed by atoms with Crippen LogP contribution in [0.3, 0.4) is 0 Å². The summed E-state index contributed by atoms with van der Waals surface area (Å²) in [5, 5.41) is 18.0. The third-order valence-electron chi connectivity index (χ3n) is 3.82. The van der Waals surface area contributed by atoms with Gasteiger partial charge in [-0.05, 0) is 44.2 Å². The summed E-state index contributed by atoms with van der Waals surface area (Å²) >= 11 is 0. The maximum atomic E-state index is 12.0. The maximum Gasteiger partial charge on any atom is 0.271 e. The van der Waals surface area contributed by atoms with Crippen molar-refractivity contribution in [3.8, 4) is 11.4 Å². The number of para-hydroxylation sites is 1. The molecule has 0 radical (unpaired) electrons. The summed E-state index contributed by atoms with van der Waals surface area (Å²) in [6, 6.07) is 15.9.